The van der Waals surface area contributed by atoms with E-state index in [2.05, 4.69) is 96.2 Å². The second-order valence-electron chi connectivity index (χ2n) is 7.64. The van der Waals surface area contributed by atoms with Gasteiger partial charge in [0, 0.05) is 0 Å². The van der Waals surface area contributed by atoms with Gasteiger partial charge in [-0.05, 0) is 0 Å². The van der Waals surface area contributed by atoms with Crippen LogP contribution in [0.5, 0.6) is 0 Å². The Bertz CT molecular complexity index is 512. The average molecular weight is 526 g/mol. The van der Waals surface area contributed by atoms with E-state index in [0.29, 0.717) is 17.8 Å². The predicted molar refractivity (Wildman–Crippen MR) is 120 cm³/mol. The van der Waals surface area contributed by atoms with Crippen molar-refractivity contribution in [3.8, 4) is 0 Å². The van der Waals surface area contributed by atoms with Gasteiger partial charge in [-0.25, -0.2) is 34.9 Å². The molecule has 0 aromatic rings. The maximum absolute atomic E-state index is 3.31. The number of hydrogen-bond acceptors (Lipinski definition) is 0. The van der Waals surface area contributed by atoms with E-state index in [-0.39, 0.29) is 38.2 Å². The molecule has 0 bridgehead atoms. The molecule has 0 nitrogen and oxygen atoms in total. The standard InChI is InChI=1S/3C9H13.Dy/c3*1-3-8(2)9-6-4-5-7-9;/h3*4,6,8H,3,5H2,1-2H3;/q3*-1;+3. The molecule has 0 aromatic heterocycles. The molecule has 0 spiro atoms. The van der Waals surface area contributed by atoms with E-state index in [9.17, 15) is 0 Å². The molecule has 0 N–H and O–H groups in total. The minimum atomic E-state index is 0. The Labute approximate surface area is 206 Å². The minimum absolute atomic E-state index is 0. The van der Waals surface area contributed by atoms with E-state index in [1.165, 1.54) is 36.0 Å². The normalized spacial score (nSPS) is 19.3. The van der Waals surface area contributed by atoms with E-state index in [1.54, 1.807) is 0 Å². The van der Waals surface area contributed by atoms with E-state index in [0.717, 1.165) is 19.3 Å². The fourth-order valence-corrected chi connectivity index (χ4v) is 2.94. The van der Waals surface area contributed by atoms with E-state index >= 15 is 0 Å². The maximum Gasteiger partial charge on any atom is 3.00 e. The Kier molecular flexibility index (Phi) is 16.3. The summed E-state index contributed by atoms with van der Waals surface area (Å²) in [6.45, 7) is 13.4. The second kappa shape index (κ2) is 16.5. The molecular weight excluding hydrogens is 487 g/mol. The van der Waals surface area contributed by atoms with Gasteiger partial charge in [-0.1, -0.05) is 78.6 Å². The molecule has 3 aliphatic rings. The van der Waals surface area contributed by atoms with Crippen molar-refractivity contribution in [3.63, 3.8) is 0 Å². The van der Waals surface area contributed by atoms with Crippen molar-refractivity contribution in [3.05, 3.63) is 71.4 Å². The van der Waals surface area contributed by atoms with Gasteiger partial charge in [0.15, 0.2) is 0 Å². The smallest absolute Gasteiger partial charge is 0.269 e. The van der Waals surface area contributed by atoms with Crippen LogP contribution in [0.4, 0.5) is 0 Å². The van der Waals surface area contributed by atoms with Gasteiger partial charge in [-0.15, -0.1) is 19.3 Å². The Morgan fingerprint density at radius 3 is 1.00 bits per heavy atom. The molecule has 1 radical (unpaired) electrons. The SMILES string of the molecule is CCC(C)C1=[C-]CC=C1.CCC(C)C1=[C-]CC=C1.CCC(C)C1=[C-]CC=C1.[Dy+3]. The van der Waals surface area contributed by atoms with Gasteiger partial charge in [-0.2, -0.15) is 18.2 Å². The predicted octanol–water partition coefficient (Wildman–Crippen LogP) is 8.17. The van der Waals surface area contributed by atoms with Crippen LogP contribution in [0.2, 0.25) is 0 Å². The molecule has 0 saturated heterocycles. The van der Waals surface area contributed by atoms with Crippen molar-refractivity contribution in [2.75, 3.05) is 0 Å². The van der Waals surface area contributed by atoms with Gasteiger partial charge in [0.05, 0.1) is 0 Å². The van der Waals surface area contributed by atoms with Crippen LogP contribution in [0.1, 0.15) is 80.1 Å². The summed E-state index contributed by atoms with van der Waals surface area (Å²) in [6, 6.07) is 0. The van der Waals surface area contributed by atoms with Crippen molar-refractivity contribution in [2.45, 2.75) is 80.1 Å². The van der Waals surface area contributed by atoms with Crippen LogP contribution in [0.15, 0.2) is 53.2 Å². The van der Waals surface area contributed by atoms with Crippen LogP contribution >= 0.6 is 0 Å². The van der Waals surface area contributed by atoms with Crippen LogP contribution in [0.25, 0.3) is 0 Å². The summed E-state index contributed by atoms with van der Waals surface area (Å²) in [7, 11) is 0. The molecule has 0 aromatic carbocycles. The Balaban J connectivity index is 0.000000384. The van der Waals surface area contributed by atoms with Crippen LogP contribution in [0.3, 0.4) is 0 Å². The first-order valence-electron chi connectivity index (χ1n) is 10.8. The van der Waals surface area contributed by atoms with E-state index in [1.807, 2.05) is 0 Å². The Morgan fingerprint density at radius 1 is 0.607 bits per heavy atom. The van der Waals surface area contributed by atoms with E-state index in [4.69, 9.17) is 0 Å². The summed E-state index contributed by atoms with van der Waals surface area (Å²) in [6.07, 6.45) is 29.8. The third-order valence-corrected chi connectivity index (χ3v) is 5.59. The summed E-state index contributed by atoms with van der Waals surface area (Å²) < 4.78 is 0. The first-order valence-corrected chi connectivity index (χ1v) is 10.8. The Morgan fingerprint density at radius 2 is 0.857 bits per heavy atom. The molecule has 28 heavy (non-hydrogen) atoms. The zero-order valence-electron chi connectivity index (χ0n) is 18.8. The average Bonchev–Trinajstić information content (AvgIpc) is 3.48. The van der Waals surface area contributed by atoms with Crippen molar-refractivity contribution >= 4 is 0 Å². The quantitative estimate of drug-likeness (QED) is 0.307. The van der Waals surface area contributed by atoms with Gasteiger partial charge in [-0.3, -0.25) is 18.2 Å². The molecule has 3 rings (SSSR count). The summed E-state index contributed by atoms with van der Waals surface area (Å²) >= 11 is 0. The van der Waals surface area contributed by atoms with Gasteiger partial charge in [0.2, 0.25) is 0 Å². The van der Waals surface area contributed by atoms with Crippen LogP contribution < -0.4 is 0 Å². The van der Waals surface area contributed by atoms with Gasteiger partial charge >= 0.3 is 38.2 Å². The number of hydrogen-bond donors (Lipinski definition) is 0. The van der Waals surface area contributed by atoms with Crippen molar-refractivity contribution in [1.29, 1.82) is 0 Å². The molecule has 1 heteroatoms. The van der Waals surface area contributed by atoms with E-state index < -0.39 is 0 Å². The van der Waals surface area contributed by atoms with Crippen molar-refractivity contribution in [1.82, 2.24) is 0 Å². The molecule has 0 saturated carbocycles. The third-order valence-electron chi connectivity index (χ3n) is 5.59. The topological polar surface area (TPSA) is 0 Å². The summed E-state index contributed by atoms with van der Waals surface area (Å²) in [5.41, 5.74) is 4.20. The molecule has 0 amide bonds. The summed E-state index contributed by atoms with van der Waals surface area (Å²) in [5.74, 6) is 2.14. The van der Waals surface area contributed by atoms with Gasteiger partial charge in [0.25, 0.3) is 0 Å². The zero-order valence-corrected chi connectivity index (χ0v) is 20.8. The van der Waals surface area contributed by atoms with Crippen LogP contribution in [-0.2, 0) is 0 Å². The fraction of sp³-hybridized carbons (Fsp3) is 0.556. The number of allylic oxidation sites excluding steroid dienone is 12. The van der Waals surface area contributed by atoms with Gasteiger partial charge in [0.1, 0.15) is 0 Å². The maximum atomic E-state index is 3.31. The fourth-order valence-electron chi connectivity index (χ4n) is 2.94. The summed E-state index contributed by atoms with van der Waals surface area (Å²) in [5, 5.41) is 0. The molecule has 3 unspecified atom stereocenters. The third kappa shape index (κ3) is 10.5. The zero-order chi connectivity index (χ0) is 20.1. The first-order chi connectivity index (χ1) is 13.0. The van der Waals surface area contributed by atoms with Gasteiger partial charge < -0.3 is 0 Å². The van der Waals surface area contributed by atoms with Crippen molar-refractivity contribution < 1.29 is 38.2 Å². The monoisotopic (exact) mass is 527 g/mol. The van der Waals surface area contributed by atoms with Crippen LogP contribution in [-0.4, -0.2) is 0 Å². The second-order valence-corrected chi connectivity index (χ2v) is 7.64. The number of rotatable bonds is 6. The molecule has 157 valence electrons. The molecule has 3 aliphatic carbocycles. The molecule has 3 atom stereocenters. The summed E-state index contributed by atoms with van der Waals surface area (Å²) in [4.78, 5) is 0. The van der Waals surface area contributed by atoms with Crippen molar-refractivity contribution in [2.24, 2.45) is 17.8 Å². The largest absolute Gasteiger partial charge is 3.00 e. The first kappa shape index (κ1) is 27.7. The molecule has 0 heterocycles. The molecular formula is C27H39Dy. The molecule has 0 fully saturated rings. The van der Waals surface area contributed by atoms with Crippen LogP contribution in [0, 0.1) is 74.2 Å². The molecule has 0 aliphatic heterocycles. The minimum Gasteiger partial charge on any atom is -0.269 e. The Hall–Kier alpha value is -0.287.